The molecule has 0 saturated carbocycles. The summed E-state index contributed by atoms with van der Waals surface area (Å²) in [6, 6.07) is 14.4. The molecule has 0 atom stereocenters. The summed E-state index contributed by atoms with van der Waals surface area (Å²) >= 11 is 0. The lowest BCUT2D eigenvalue weighted by molar-refractivity contribution is 0.0950. The molecule has 3 amide bonds. The first-order valence-corrected chi connectivity index (χ1v) is 10.8. The first kappa shape index (κ1) is 22.2. The van der Waals surface area contributed by atoms with Crippen LogP contribution in [0.1, 0.15) is 28.8 Å². The van der Waals surface area contributed by atoms with Crippen LogP contribution in [0.3, 0.4) is 0 Å². The summed E-state index contributed by atoms with van der Waals surface area (Å²) in [6.07, 6.45) is 5.04. The molecule has 4 rings (SSSR count). The molecule has 170 valence electrons. The lowest BCUT2D eigenvalue weighted by atomic mass is 10.1. The van der Waals surface area contributed by atoms with Crippen molar-refractivity contribution in [3.8, 4) is 0 Å². The number of urea groups is 1. The van der Waals surface area contributed by atoms with Crippen LogP contribution in [0.25, 0.3) is 0 Å². The monoisotopic (exact) mass is 448 g/mol. The van der Waals surface area contributed by atoms with Crippen LogP contribution >= 0.6 is 0 Å². The first-order chi connectivity index (χ1) is 16.1. The van der Waals surface area contributed by atoms with Crippen molar-refractivity contribution >= 4 is 23.6 Å². The number of aromatic nitrogens is 2. The van der Waals surface area contributed by atoms with E-state index in [0.717, 1.165) is 25.9 Å². The van der Waals surface area contributed by atoms with Gasteiger partial charge in [-0.1, -0.05) is 18.2 Å². The Balaban J connectivity index is 1.22. The number of nitrogens with zero attached hydrogens (tertiary/aromatic N) is 3. The minimum Gasteiger partial charge on any atom is -0.348 e. The van der Waals surface area contributed by atoms with Crippen molar-refractivity contribution in [3.63, 3.8) is 0 Å². The number of benzene rings is 2. The highest BCUT2D eigenvalue weighted by atomic mass is 19.1. The smallest absolute Gasteiger partial charge is 0.319 e. The molecule has 3 N–H and O–H groups in total. The molecule has 1 saturated heterocycles. The number of hydrogen-bond acceptors (Lipinski definition) is 5. The van der Waals surface area contributed by atoms with Gasteiger partial charge in [0.15, 0.2) is 0 Å². The van der Waals surface area contributed by atoms with Crippen molar-refractivity contribution in [1.29, 1.82) is 0 Å². The highest BCUT2D eigenvalue weighted by Gasteiger charge is 2.22. The third-order valence-electron chi connectivity index (χ3n) is 5.47. The molecule has 2 heterocycles. The summed E-state index contributed by atoms with van der Waals surface area (Å²) in [4.78, 5) is 35.3. The zero-order chi connectivity index (χ0) is 23.0. The van der Waals surface area contributed by atoms with E-state index in [1.165, 1.54) is 6.07 Å². The van der Waals surface area contributed by atoms with E-state index in [1.807, 2.05) is 0 Å². The number of anilines is 2. The van der Waals surface area contributed by atoms with Gasteiger partial charge in [0.1, 0.15) is 5.82 Å². The average Bonchev–Trinajstić information content (AvgIpc) is 2.85. The van der Waals surface area contributed by atoms with Crippen LogP contribution in [-0.2, 0) is 6.54 Å². The quantitative estimate of drug-likeness (QED) is 0.537. The minimum absolute atomic E-state index is 0.0633. The Bertz CT molecular complexity index is 1090. The Morgan fingerprint density at radius 1 is 0.970 bits per heavy atom. The van der Waals surface area contributed by atoms with Crippen LogP contribution in [-0.4, -0.2) is 41.0 Å². The molecular weight excluding hydrogens is 423 g/mol. The van der Waals surface area contributed by atoms with Gasteiger partial charge >= 0.3 is 6.03 Å². The van der Waals surface area contributed by atoms with E-state index in [4.69, 9.17) is 0 Å². The Kier molecular flexibility index (Phi) is 7.09. The van der Waals surface area contributed by atoms with Gasteiger partial charge in [-0.3, -0.25) is 4.79 Å². The Morgan fingerprint density at radius 3 is 2.36 bits per heavy atom. The second-order valence-electron chi connectivity index (χ2n) is 7.76. The average molecular weight is 449 g/mol. The fourth-order valence-corrected chi connectivity index (χ4v) is 3.66. The van der Waals surface area contributed by atoms with E-state index >= 15 is 0 Å². The van der Waals surface area contributed by atoms with Crippen LogP contribution in [0, 0.1) is 5.82 Å². The van der Waals surface area contributed by atoms with Gasteiger partial charge in [-0.05, 0) is 49.2 Å². The molecule has 3 aromatic rings. The van der Waals surface area contributed by atoms with Gasteiger partial charge in [0.2, 0.25) is 5.95 Å². The number of piperidine rings is 1. The van der Waals surface area contributed by atoms with Crippen LogP contribution in [0.4, 0.5) is 20.8 Å². The second kappa shape index (κ2) is 10.5. The molecule has 2 aromatic carbocycles. The molecule has 1 fully saturated rings. The number of halogens is 1. The van der Waals surface area contributed by atoms with Gasteiger partial charge in [0.25, 0.3) is 5.91 Å². The summed E-state index contributed by atoms with van der Waals surface area (Å²) in [5.41, 5.74) is 1.42. The van der Waals surface area contributed by atoms with Crippen LogP contribution < -0.4 is 20.9 Å². The summed E-state index contributed by atoms with van der Waals surface area (Å²) in [7, 11) is 0. The molecule has 9 heteroatoms. The van der Waals surface area contributed by atoms with E-state index in [2.05, 4.69) is 30.8 Å². The zero-order valence-electron chi connectivity index (χ0n) is 18.0. The van der Waals surface area contributed by atoms with E-state index < -0.39 is 0 Å². The number of rotatable bonds is 6. The highest BCUT2D eigenvalue weighted by molar-refractivity contribution is 5.95. The lowest BCUT2D eigenvalue weighted by Crippen LogP contribution is -2.46. The summed E-state index contributed by atoms with van der Waals surface area (Å²) in [5.74, 6) is 0.0317. The maximum Gasteiger partial charge on any atom is 0.319 e. The van der Waals surface area contributed by atoms with E-state index in [-0.39, 0.29) is 30.3 Å². The third kappa shape index (κ3) is 6.03. The van der Waals surface area contributed by atoms with Crippen LogP contribution in [0.15, 0.2) is 67.0 Å². The van der Waals surface area contributed by atoms with Gasteiger partial charge in [0.05, 0.1) is 0 Å². The molecule has 1 aliphatic rings. The molecule has 0 bridgehead atoms. The van der Waals surface area contributed by atoms with E-state index in [1.54, 1.807) is 60.9 Å². The van der Waals surface area contributed by atoms with Gasteiger partial charge in [0, 0.05) is 54.9 Å². The number of carbonyl (C=O) groups is 2. The van der Waals surface area contributed by atoms with Gasteiger partial charge < -0.3 is 20.9 Å². The third-order valence-corrected chi connectivity index (χ3v) is 5.47. The van der Waals surface area contributed by atoms with Gasteiger partial charge in [-0.25, -0.2) is 19.2 Å². The van der Waals surface area contributed by atoms with E-state index in [9.17, 15) is 14.0 Å². The Labute approximate surface area is 191 Å². The van der Waals surface area contributed by atoms with Crippen molar-refractivity contribution in [2.75, 3.05) is 23.3 Å². The largest absolute Gasteiger partial charge is 0.348 e. The molecule has 33 heavy (non-hydrogen) atoms. The fourth-order valence-electron chi connectivity index (χ4n) is 3.66. The normalized spacial score (nSPS) is 13.9. The summed E-state index contributed by atoms with van der Waals surface area (Å²) in [6.45, 7) is 1.64. The number of amides is 3. The molecular formula is C24H25FN6O2. The first-order valence-electron chi connectivity index (χ1n) is 10.8. The zero-order valence-corrected chi connectivity index (χ0v) is 18.0. The van der Waals surface area contributed by atoms with E-state index in [0.29, 0.717) is 22.8 Å². The minimum atomic E-state index is -0.359. The SMILES string of the molecule is O=C(Nc1ccc(C(=O)NCc2ccccc2F)cc1)NC1CCN(c2ncccn2)CC1. The predicted molar refractivity (Wildman–Crippen MR) is 123 cm³/mol. The van der Waals surface area contributed by atoms with Crippen LogP contribution in [0.2, 0.25) is 0 Å². The maximum atomic E-state index is 13.7. The molecule has 1 aromatic heterocycles. The van der Waals surface area contributed by atoms with Crippen molar-refractivity contribution in [1.82, 2.24) is 20.6 Å². The highest BCUT2D eigenvalue weighted by Crippen LogP contribution is 2.16. The second-order valence-corrected chi connectivity index (χ2v) is 7.76. The van der Waals surface area contributed by atoms with Crippen molar-refractivity contribution in [2.24, 2.45) is 0 Å². The standard InChI is InChI=1S/C24H25FN6O2/c25-21-5-2-1-4-18(21)16-28-22(32)17-6-8-19(9-7-17)29-24(33)30-20-10-14-31(15-11-20)23-26-12-3-13-27-23/h1-9,12-13,20H,10-11,14-16H2,(H,28,32)(H2,29,30,33). The van der Waals surface area contributed by atoms with Gasteiger partial charge in [-0.15, -0.1) is 0 Å². The van der Waals surface area contributed by atoms with Gasteiger partial charge in [-0.2, -0.15) is 0 Å². The van der Waals surface area contributed by atoms with Crippen molar-refractivity contribution in [3.05, 3.63) is 83.9 Å². The number of hydrogen-bond donors (Lipinski definition) is 3. The number of nitrogens with one attached hydrogen (secondary N) is 3. The Morgan fingerprint density at radius 2 is 1.67 bits per heavy atom. The molecule has 0 spiro atoms. The molecule has 8 nitrogen and oxygen atoms in total. The van der Waals surface area contributed by atoms with Crippen molar-refractivity contribution < 1.29 is 14.0 Å². The molecule has 0 radical (unpaired) electrons. The lowest BCUT2D eigenvalue weighted by Gasteiger charge is -2.32. The topological polar surface area (TPSA) is 99.2 Å². The summed E-state index contributed by atoms with van der Waals surface area (Å²) < 4.78 is 13.7. The molecule has 1 aliphatic heterocycles. The molecule has 0 unspecified atom stereocenters. The van der Waals surface area contributed by atoms with Crippen molar-refractivity contribution in [2.45, 2.75) is 25.4 Å². The maximum absolute atomic E-state index is 13.7. The predicted octanol–water partition coefficient (Wildman–Crippen LogP) is 3.34. The fraction of sp³-hybridized carbons (Fsp3) is 0.250. The summed E-state index contributed by atoms with van der Waals surface area (Å²) in [5, 5.41) is 8.48. The van der Waals surface area contributed by atoms with Crippen LogP contribution in [0.5, 0.6) is 0 Å². The Hall–Kier alpha value is -4.01. The molecule has 0 aliphatic carbocycles. The number of carbonyl (C=O) groups excluding carboxylic acids is 2.